The number of rotatable bonds is 3. The van der Waals surface area contributed by atoms with Crippen molar-refractivity contribution in [2.75, 3.05) is 13.1 Å². The van der Waals surface area contributed by atoms with Crippen molar-refractivity contribution in [1.29, 1.82) is 0 Å². The lowest BCUT2D eigenvalue weighted by molar-refractivity contribution is -0.133. The Labute approximate surface area is 134 Å². The number of benzene rings is 1. The molecule has 0 saturated carbocycles. The van der Waals surface area contributed by atoms with Crippen LogP contribution in [0, 0.1) is 0 Å². The molecule has 2 rings (SSSR count). The van der Waals surface area contributed by atoms with Gasteiger partial charge in [-0.2, -0.15) is 0 Å². The molecule has 0 aliphatic carbocycles. The number of nitrogens with one attached hydrogen (secondary N) is 1. The zero-order valence-electron chi connectivity index (χ0n) is 11.9. The van der Waals surface area contributed by atoms with Crippen LogP contribution >= 0.6 is 23.2 Å². The zero-order valence-corrected chi connectivity index (χ0v) is 13.4. The Balaban J connectivity index is 1.97. The lowest BCUT2D eigenvalue weighted by Gasteiger charge is -2.29. The van der Waals surface area contributed by atoms with E-state index in [0.717, 1.165) is 32.4 Å². The molecule has 1 fully saturated rings. The third-order valence-electron chi connectivity index (χ3n) is 3.57. The summed E-state index contributed by atoms with van der Waals surface area (Å²) in [6.07, 6.45) is 3.21. The number of hydrogen-bond acceptors (Lipinski definition) is 2. The predicted octanol–water partition coefficient (Wildman–Crippen LogP) is 3.12. The van der Waals surface area contributed by atoms with E-state index in [1.165, 1.54) is 6.07 Å². The summed E-state index contributed by atoms with van der Waals surface area (Å²) in [7, 11) is 0. The van der Waals surface area contributed by atoms with Gasteiger partial charge in [0.1, 0.15) is 6.04 Å². The molecule has 1 aromatic carbocycles. The van der Waals surface area contributed by atoms with Gasteiger partial charge in [-0.05, 0) is 44.4 Å². The quantitative estimate of drug-likeness (QED) is 0.926. The summed E-state index contributed by atoms with van der Waals surface area (Å²) >= 11 is 11.7. The highest BCUT2D eigenvalue weighted by molar-refractivity contribution is 6.42. The third-order valence-corrected chi connectivity index (χ3v) is 4.31. The molecule has 1 aliphatic heterocycles. The van der Waals surface area contributed by atoms with Crippen molar-refractivity contribution in [2.24, 2.45) is 0 Å². The first kappa shape index (κ1) is 16.1. The molecular formula is C15H18Cl2N2O2. The van der Waals surface area contributed by atoms with E-state index in [4.69, 9.17) is 23.2 Å². The van der Waals surface area contributed by atoms with E-state index >= 15 is 0 Å². The Morgan fingerprint density at radius 3 is 2.43 bits per heavy atom. The van der Waals surface area contributed by atoms with E-state index in [2.05, 4.69) is 5.32 Å². The minimum Gasteiger partial charge on any atom is -0.341 e. The number of piperidine rings is 1. The fourth-order valence-electron chi connectivity index (χ4n) is 2.37. The van der Waals surface area contributed by atoms with Crippen molar-refractivity contribution in [3.63, 3.8) is 0 Å². The van der Waals surface area contributed by atoms with Gasteiger partial charge in [-0.15, -0.1) is 0 Å². The first-order valence-corrected chi connectivity index (χ1v) is 7.79. The lowest BCUT2D eigenvalue weighted by atomic mass is 10.1. The van der Waals surface area contributed by atoms with Crippen LogP contribution in [0.3, 0.4) is 0 Å². The smallest absolute Gasteiger partial charge is 0.251 e. The standard InChI is InChI=1S/C15H18Cl2N2O2/c1-10(15(21)19-7-3-2-4-8-19)18-14(20)11-5-6-12(16)13(17)9-11/h5-6,9-10H,2-4,7-8H2,1H3,(H,18,20)/t10-/m1/s1. The molecule has 1 aromatic rings. The van der Waals surface area contributed by atoms with Crippen molar-refractivity contribution >= 4 is 35.0 Å². The van der Waals surface area contributed by atoms with Crippen LogP contribution in [0.15, 0.2) is 18.2 Å². The molecule has 0 unspecified atom stereocenters. The van der Waals surface area contributed by atoms with E-state index in [1.807, 2.05) is 4.90 Å². The van der Waals surface area contributed by atoms with Crippen LogP contribution in [0.4, 0.5) is 0 Å². The highest BCUT2D eigenvalue weighted by atomic mass is 35.5. The van der Waals surface area contributed by atoms with Crippen LogP contribution in [-0.4, -0.2) is 35.8 Å². The zero-order chi connectivity index (χ0) is 15.4. The predicted molar refractivity (Wildman–Crippen MR) is 83.8 cm³/mol. The Morgan fingerprint density at radius 2 is 1.81 bits per heavy atom. The lowest BCUT2D eigenvalue weighted by Crippen LogP contribution is -2.48. The molecule has 1 saturated heterocycles. The van der Waals surface area contributed by atoms with Gasteiger partial charge in [0.2, 0.25) is 5.91 Å². The van der Waals surface area contributed by atoms with Crippen molar-refractivity contribution in [3.05, 3.63) is 33.8 Å². The molecule has 0 aromatic heterocycles. The Morgan fingerprint density at radius 1 is 1.14 bits per heavy atom. The second-order valence-corrected chi connectivity index (χ2v) is 6.02. The fraction of sp³-hybridized carbons (Fsp3) is 0.467. The second-order valence-electron chi connectivity index (χ2n) is 5.21. The first-order valence-electron chi connectivity index (χ1n) is 7.04. The van der Waals surface area contributed by atoms with E-state index in [1.54, 1.807) is 19.1 Å². The highest BCUT2D eigenvalue weighted by Gasteiger charge is 2.23. The summed E-state index contributed by atoms with van der Waals surface area (Å²) in [6, 6.07) is 4.10. The second kappa shape index (κ2) is 7.14. The average Bonchev–Trinajstić information content (AvgIpc) is 2.50. The summed E-state index contributed by atoms with van der Waals surface area (Å²) in [5.74, 6) is -0.366. The van der Waals surface area contributed by atoms with Gasteiger partial charge in [-0.1, -0.05) is 23.2 Å². The number of hydrogen-bond donors (Lipinski definition) is 1. The Hall–Kier alpha value is -1.26. The Kier molecular flexibility index (Phi) is 5.48. The van der Waals surface area contributed by atoms with E-state index in [0.29, 0.717) is 15.6 Å². The topological polar surface area (TPSA) is 49.4 Å². The summed E-state index contributed by atoms with van der Waals surface area (Å²) < 4.78 is 0. The van der Waals surface area contributed by atoms with Gasteiger partial charge in [-0.25, -0.2) is 0 Å². The molecule has 1 N–H and O–H groups in total. The number of likely N-dealkylation sites (tertiary alicyclic amines) is 1. The number of nitrogens with zero attached hydrogens (tertiary/aromatic N) is 1. The molecule has 0 radical (unpaired) electrons. The molecule has 0 bridgehead atoms. The van der Waals surface area contributed by atoms with Gasteiger partial charge < -0.3 is 10.2 Å². The Bertz CT molecular complexity index is 542. The van der Waals surface area contributed by atoms with Crippen molar-refractivity contribution in [3.8, 4) is 0 Å². The van der Waals surface area contributed by atoms with Crippen LogP contribution in [0.2, 0.25) is 10.0 Å². The maximum Gasteiger partial charge on any atom is 0.251 e. The van der Waals surface area contributed by atoms with Crippen LogP contribution in [0.5, 0.6) is 0 Å². The van der Waals surface area contributed by atoms with Gasteiger partial charge >= 0.3 is 0 Å². The monoisotopic (exact) mass is 328 g/mol. The number of amides is 2. The first-order chi connectivity index (χ1) is 9.99. The number of carbonyl (C=O) groups excluding carboxylic acids is 2. The molecule has 114 valence electrons. The van der Waals surface area contributed by atoms with E-state index in [-0.39, 0.29) is 11.8 Å². The van der Waals surface area contributed by atoms with Gasteiger partial charge in [0.05, 0.1) is 10.0 Å². The van der Waals surface area contributed by atoms with E-state index in [9.17, 15) is 9.59 Å². The third kappa shape index (κ3) is 4.11. The molecule has 21 heavy (non-hydrogen) atoms. The molecule has 1 heterocycles. The molecule has 2 amide bonds. The highest BCUT2D eigenvalue weighted by Crippen LogP contribution is 2.22. The van der Waals surface area contributed by atoms with Crippen LogP contribution in [0.25, 0.3) is 0 Å². The molecule has 1 aliphatic rings. The van der Waals surface area contributed by atoms with Crippen molar-refractivity contribution < 1.29 is 9.59 Å². The minimum absolute atomic E-state index is 0.0388. The summed E-state index contributed by atoms with van der Waals surface area (Å²) in [6.45, 7) is 3.24. The van der Waals surface area contributed by atoms with Gasteiger partial charge in [0.25, 0.3) is 5.91 Å². The number of carbonyl (C=O) groups is 2. The minimum atomic E-state index is -0.551. The van der Waals surface area contributed by atoms with Gasteiger partial charge in [0.15, 0.2) is 0 Å². The SMILES string of the molecule is C[C@@H](NC(=O)c1ccc(Cl)c(Cl)c1)C(=O)N1CCCCC1. The van der Waals surface area contributed by atoms with Gasteiger partial charge in [0, 0.05) is 18.7 Å². The summed E-state index contributed by atoms with van der Waals surface area (Å²) in [4.78, 5) is 26.2. The fourth-order valence-corrected chi connectivity index (χ4v) is 2.67. The molecular weight excluding hydrogens is 311 g/mol. The van der Waals surface area contributed by atoms with Crippen LogP contribution < -0.4 is 5.32 Å². The summed E-state index contributed by atoms with van der Waals surface area (Å²) in [5, 5.41) is 3.42. The molecule has 1 atom stereocenters. The van der Waals surface area contributed by atoms with E-state index < -0.39 is 6.04 Å². The largest absolute Gasteiger partial charge is 0.341 e. The van der Waals surface area contributed by atoms with Crippen LogP contribution in [0.1, 0.15) is 36.5 Å². The molecule has 4 nitrogen and oxygen atoms in total. The number of halogens is 2. The average molecular weight is 329 g/mol. The van der Waals surface area contributed by atoms with Gasteiger partial charge in [-0.3, -0.25) is 9.59 Å². The van der Waals surface area contributed by atoms with Crippen molar-refractivity contribution in [1.82, 2.24) is 10.2 Å². The summed E-state index contributed by atoms with van der Waals surface area (Å²) in [5.41, 5.74) is 0.391. The maximum atomic E-state index is 12.2. The normalized spacial score (nSPS) is 16.4. The molecule has 0 spiro atoms. The maximum absolute atomic E-state index is 12.2. The van der Waals surface area contributed by atoms with Crippen LogP contribution in [-0.2, 0) is 4.79 Å². The molecule has 6 heteroatoms. The van der Waals surface area contributed by atoms with Crippen molar-refractivity contribution in [2.45, 2.75) is 32.2 Å².